The molecule has 0 bridgehead atoms. The van der Waals surface area contributed by atoms with Crippen molar-refractivity contribution in [3.8, 4) is 5.75 Å². The Kier molecular flexibility index (Phi) is 5.31. The third-order valence-electron chi connectivity index (χ3n) is 3.12. The number of anilines is 2. The first-order valence-corrected chi connectivity index (χ1v) is 7.30. The minimum absolute atomic E-state index is 0.159. The van der Waals surface area contributed by atoms with Crippen molar-refractivity contribution >= 4 is 22.7 Å². The Bertz CT molecular complexity index is 761. The van der Waals surface area contributed by atoms with E-state index in [1.165, 1.54) is 12.1 Å². The van der Waals surface area contributed by atoms with E-state index in [1.54, 1.807) is 24.3 Å². The van der Waals surface area contributed by atoms with E-state index in [0.29, 0.717) is 24.0 Å². The predicted molar refractivity (Wildman–Crippen MR) is 89.8 cm³/mol. The molecule has 8 heteroatoms. The molecule has 0 radical (unpaired) electrons. The number of para-hydroxylation sites is 2. The number of rotatable bonds is 7. The second-order valence-corrected chi connectivity index (χ2v) is 5.54. The summed E-state index contributed by atoms with van der Waals surface area (Å²) in [5, 5.41) is 24.9. The van der Waals surface area contributed by atoms with Gasteiger partial charge in [0.2, 0.25) is 0 Å². The van der Waals surface area contributed by atoms with Gasteiger partial charge in [0, 0.05) is 6.07 Å². The first-order valence-electron chi connectivity index (χ1n) is 7.30. The summed E-state index contributed by atoms with van der Waals surface area (Å²) in [6.07, 6.45) is 0. The third kappa shape index (κ3) is 4.19. The second kappa shape index (κ2) is 7.40. The molecule has 0 unspecified atom stereocenters. The van der Waals surface area contributed by atoms with Gasteiger partial charge in [-0.2, -0.15) is 0 Å². The van der Waals surface area contributed by atoms with Gasteiger partial charge in [-0.1, -0.05) is 26.0 Å². The van der Waals surface area contributed by atoms with Gasteiger partial charge in [0.25, 0.3) is 11.4 Å². The smallest absolute Gasteiger partial charge is 0.299 e. The maximum atomic E-state index is 11.2. The third-order valence-corrected chi connectivity index (χ3v) is 3.12. The lowest BCUT2D eigenvalue weighted by molar-refractivity contribution is -0.393. The van der Waals surface area contributed by atoms with Crippen molar-refractivity contribution in [2.24, 2.45) is 5.92 Å². The summed E-state index contributed by atoms with van der Waals surface area (Å²) in [4.78, 5) is 20.7. The van der Waals surface area contributed by atoms with Crippen LogP contribution in [0.25, 0.3) is 0 Å². The lowest BCUT2D eigenvalue weighted by Gasteiger charge is -2.14. The fraction of sp³-hybridized carbons (Fsp3) is 0.250. The quantitative estimate of drug-likeness (QED) is 0.599. The lowest BCUT2D eigenvalue weighted by Crippen LogP contribution is -2.06. The summed E-state index contributed by atoms with van der Waals surface area (Å²) >= 11 is 0. The van der Waals surface area contributed by atoms with Crippen LogP contribution in [0.1, 0.15) is 13.8 Å². The summed E-state index contributed by atoms with van der Waals surface area (Å²) in [6.45, 7) is 4.52. The van der Waals surface area contributed by atoms with Crippen molar-refractivity contribution in [2.75, 3.05) is 11.9 Å². The molecular formula is C16H17N3O5. The second-order valence-electron chi connectivity index (χ2n) is 5.54. The Morgan fingerprint density at radius 3 is 2.38 bits per heavy atom. The fourth-order valence-electron chi connectivity index (χ4n) is 1.99. The minimum Gasteiger partial charge on any atom is -0.491 e. The summed E-state index contributed by atoms with van der Waals surface area (Å²) < 4.78 is 5.69. The summed E-state index contributed by atoms with van der Waals surface area (Å²) in [6, 6.07) is 10.5. The van der Waals surface area contributed by atoms with Crippen LogP contribution >= 0.6 is 0 Å². The Morgan fingerprint density at radius 2 is 1.75 bits per heavy atom. The highest BCUT2D eigenvalue weighted by Crippen LogP contribution is 2.34. The van der Waals surface area contributed by atoms with Crippen LogP contribution in [0, 0.1) is 26.1 Å². The van der Waals surface area contributed by atoms with Gasteiger partial charge in [0.05, 0.1) is 28.2 Å². The van der Waals surface area contributed by atoms with Crippen LogP contribution < -0.4 is 10.1 Å². The molecule has 126 valence electrons. The molecule has 2 aromatic rings. The molecule has 0 amide bonds. The number of benzene rings is 2. The first-order chi connectivity index (χ1) is 11.4. The van der Waals surface area contributed by atoms with Gasteiger partial charge >= 0.3 is 0 Å². The zero-order valence-corrected chi connectivity index (χ0v) is 13.3. The van der Waals surface area contributed by atoms with Gasteiger partial charge in [-0.05, 0) is 24.1 Å². The first kappa shape index (κ1) is 17.2. The Morgan fingerprint density at radius 1 is 1.04 bits per heavy atom. The van der Waals surface area contributed by atoms with Crippen LogP contribution in [-0.4, -0.2) is 16.5 Å². The van der Waals surface area contributed by atoms with E-state index in [4.69, 9.17) is 4.74 Å². The van der Waals surface area contributed by atoms with Crippen molar-refractivity contribution in [2.45, 2.75) is 13.8 Å². The van der Waals surface area contributed by atoms with E-state index in [0.717, 1.165) is 6.07 Å². The van der Waals surface area contributed by atoms with Crippen LogP contribution in [0.2, 0.25) is 0 Å². The van der Waals surface area contributed by atoms with Crippen molar-refractivity contribution in [1.82, 2.24) is 0 Å². The highest BCUT2D eigenvalue weighted by Gasteiger charge is 2.20. The molecule has 0 aliphatic rings. The zero-order valence-electron chi connectivity index (χ0n) is 13.3. The van der Waals surface area contributed by atoms with Gasteiger partial charge in [-0.3, -0.25) is 20.2 Å². The average molecular weight is 331 g/mol. The summed E-state index contributed by atoms with van der Waals surface area (Å²) in [7, 11) is 0. The Labute approximate surface area is 138 Å². The van der Waals surface area contributed by atoms with E-state index in [1.807, 2.05) is 13.8 Å². The predicted octanol–water partition coefficient (Wildman–Crippen LogP) is 4.28. The van der Waals surface area contributed by atoms with Crippen LogP contribution in [-0.2, 0) is 0 Å². The molecule has 0 heterocycles. The average Bonchev–Trinajstić information content (AvgIpc) is 2.53. The summed E-state index contributed by atoms with van der Waals surface area (Å²) in [5.74, 6) is 0.880. The van der Waals surface area contributed by atoms with E-state index >= 15 is 0 Å². The monoisotopic (exact) mass is 331 g/mol. The van der Waals surface area contributed by atoms with Gasteiger partial charge in [-0.15, -0.1) is 0 Å². The molecule has 0 saturated heterocycles. The van der Waals surface area contributed by atoms with Crippen molar-refractivity contribution in [1.29, 1.82) is 0 Å². The molecule has 0 atom stereocenters. The van der Waals surface area contributed by atoms with Crippen LogP contribution in [0.5, 0.6) is 5.75 Å². The van der Waals surface area contributed by atoms with Gasteiger partial charge in [-0.25, -0.2) is 0 Å². The highest BCUT2D eigenvalue weighted by atomic mass is 16.6. The topological polar surface area (TPSA) is 108 Å². The molecule has 1 N–H and O–H groups in total. The normalized spacial score (nSPS) is 10.5. The van der Waals surface area contributed by atoms with Crippen LogP contribution in [0.15, 0.2) is 42.5 Å². The molecule has 0 aliphatic heterocycles. The molecule has 2 aromatic carbocycles. The maximum Gasteiger partial charge on any atom is 0.299 e. The number of hydrogen-bond acceptors (Lipinski definition) is 6. The Hall–Kier alpha value is -3.16. The van der Waals surface area contributed by atoms with E-state index in [-0.39, 0.29) is 17.1 Å². The van der Waals surface area contributed by atoms with Crippen molar-refractivity contribution in [3.05, 3.63) is 62.7 Å². The zero-order chi connectivity index (χ0) is 17.7. The number of ether oxygens (including phenoxy) is 1. The number of nitrogens with zero attached hydrogens (tertiary/aromatic N) is 2. The standard InChI is InChI=1S/C16H17N3O5/c1-11(2)10-24-16-6-4-3-5-14(16)17-13-8-7-12(18(20)21)9-15(13)19(22)23/h3-9,11,17H,10H2,1-2H3. The molecule has 24 heavy (non-hydrogen) atoms. The largest absolute Gasteiger partial charge is 0.491 e. The molecule has 0 aromatic heterocycles. The Balaban J connectivity index is 2.34. The SMILES string of the molecule is CC(C)COc1ccccc1Nc1ccc([N+](=O)[O-])cc1[N+](=O)[O-]. The number of nitro groups is 2. The van der Waals surface area contributed by atoms with Gasteiger partial charge in [0.15, 0.2) is 0 Å². The number of non-ortho nitro benzene ring substituents is 1. The lowest BCUT2D eigenvalue weighted by atomic mass is 10.2. The molecule has 0 saturated carbocycles. The van der Waals surface area contributed by atoms with E-state index < -0.39 is 9.85 Å². The van der Waals surface area contributed by atoms with Gasteiger partial charge < -0.3 is 10.1 Å². The van der Waals surface area contributed by atoms with Crippen molar-refractivity contribution in [3.63, 3.8) is 0 Å². The number of hydrogen-bond donors (Lipinski definition) is 1. The molecule has 2 rings (SSSR count). The molecule has 0 spiro atoms. The molecule has 0 aliphatic carbocycles. The van der Waals surface area contributed by atoms with Crippen LogP contribution in [0.4, 0.5) is 22.7 Å². The molecule has 0 fully saturated rings. The molecule has 8 nitrogen and oxygen atoms in total. The van der Waals surface area contributed by atoms with Crippen LogP contribution in [0.3, 0.4) is 0 Å². The van der Waals surface area contributed by atoms with E-state index in [9.17, 15) is 20.2 Å². The van der Waals surface area contributed by atoms with Gasteiger partial charge in [0.1, 0.15) is 11.4 Å². The fourth-order valence-corrected chi connectivity index (χ4v) is 1.99. The highest BCUT2D eigenvalue weighted by molar-refractivity contribution is 5.74. The minimum atomic E-state index is -0.670. The maximum absolute atomic E-state index is 11.2. The molecular weight excluding hydrogens is 314 g/mol. The van der Waals surface area contributed by atoms with Crippen molar-refractivity contribution < 1.29 is 14.6 Å². The van der Waals surface area contributed by atoms with E-state index in [2.05, 4.69) is 5.32 Å². The number of nitrogens with one attached hydrogen (secondary N) is 1. The summed E-state index contributed by atoms with van der Waals surface area (Å²) in [5.41, 5.74) is 0.000700. The number of nitro benzene ring substituents is 2.